The molecule has 118 valence electrons. The molecule has 0 fully saturated rings. The van der Waals surface area contributed by atoms with Gasteiger partial charge in [0.1, 0.15) is 5.75 Å². The molecule has 0 bridgehead atoms. The molecule has 0 atom stereocenters. The first kappa shape index (κ1) is 16.2. The van der Waals surface area contributed by atoms with Crippen LogP contribution in [0, 0.1) is 0 Å². The van der Waals surface area contributed by atoms with E-state index >= 15 is 0 Å². The third kappa shape index (κ3) is 3.74. The normalized spacial score (nSPS) is 11.0. The van der Waals surface area contributed by atoms with Crippen LogP contribution < -0.4 is 9.46 Å². The number of sulfonamides is 1. The molecule has 2 aromatic rings. The minimum Gasteiger partial charge on any atom is -0.497 e. The van der Waals surface area contributed by atoms with Crippen LogP contribution >= 0.6 is 11.5 Å². The van der Waals surface area contributed by atoms with Gasteiger partial charge in [-0.15, -0.1) is 0 Å². The van der Waals surface area contributed by atoms with Crippen LogP contribution in [0.1, 0.15) is 6.92 Å². The van der Waals surface area contributed by atoms with Crippen molar-refractivity contribution in [2.24, 2.45) is 0 Å². The molecular weight excluding hydrogens is 326 g/mol. The lowest BCUT2D eigenvalue weighted by Crippen LogP contribution is -2.23. The molecule has 1 heterocycles. The monoisotopic (exact) mass is 341 g/mol. The Kier molecular flexibility index (Phi) is 4.99. The van der Waals surface area contributed by atoms with Crippen LogP contribution in [-0.4, -0.2) is 31.5 Å². The van der Waals surface area contributed by atoms with Gasteiger partial charge in [0.05, 0.1) is 13.7 Å². The highest BCUT2D eigenvalue weighted by Crippen LogP contribution is 2.24. The van der Waals surface area contributed by atoms with Crippen molar-refractivity contribution in [1.29, 1.82) is 0 Å². The number of rotatable bonds is 7. The summed E-state index contributed by atoms with van der Waals surface area (Å²) >= 11 is 0.776. The Balaban J connectivity index is 2.25. The van der Waals surface area contributed by atoms with Gasteiger partial charge in [0.15, 0.2) is 11.7 Å². The standard InChI is InChI=1S/C13H15N3O4S2/c1-4-20-9(2)16-22(17,18)13-14-12(15-21-13)10-6-5-7-11(8-10)19-3/h5-8,16H,2,4H2,1,3H3. The topological polar surface area (TPSA) is 90.4 Å². The third-order valence-corrected chi connectivity index (χ3v) is 4.97. The highest BCUT2D eigenvalue weighted by atomic mass is 32.2. The summed E-state index contributed by atoms with van der Waals surface area (Å²) in [6.07, 6.45) is 0. The van der Waals surface area contributed by atoms with Gasteiger partial charge in [-0.1, -0.05) is 12.1 Å². The maximum Gasteiger partial charge on any atom is 0.293 e. The van der Waals surface area contributed by atoms with Gasteiger partial charge in [0, 0.05) is 17.1 Å². The number of aromatic nitrogens is 2. The number of methoxy groups -OCH3 is 1. The van der Waals surface area contributed by atoms with Gasteiger partial charge in [0.2, 0.25) is 4.34 Å². The minimum absolute atomic E-state index is 0.0550. The van der Waals surface area contributed by atoms with Crippen molar-refractivity contribution >= 4 is 21.6 Å². The van der Waals surface area contributed by atoms with E-state index in [9.17, 15) is 8.42 Å². The molecule has 1 aromatic heterocycles. The van der Waals surface area contributed by atoms with Crippen molar-refractivity contribution in [1.82, 2.24) is 14.1 Å². The second kappa shape index (κ2) is 6.75. The molecule has 0 aliphatic heterocycles. The quantitative estimate of drug-likeness (QED) is 0.775. The summed E-state index contributed by atoms with van der Waals surface area (Å²) in [5.74, 6) is 0.895. The van der Waals surface area contributed by atoms with E-state index < -0.39 is 10.0 Å². The van der Waals surface area contributed by atoms with Crippen molar-refractivity contribution in [2.75, 3.05) is 13.7 Å². The van der Waals surface area contributed by atoms with Crippen LogP contribution in [0.5, 0.6) is 5.75 Å². The first-order valence-electron chi connectivity index (χ1n) is 6.29. The average molecular weight is 341 g/mol. The van der Waals surface area contributed by atoms with Crippen molar-refractivity contribution in [3.63, 3.8) is 0 Å². The molecule has 0 saturated heterocycles. The zero-order valence-corrected chi connectivity index (χ0v) is 13.7. The van der Waals surface area contributed by atoms with Crippen LogP contribution in [0.3, 0.4) is 0 Å². The fraction of sp³-hybridized carbons (Fsp3) is 0.231. The molecule has 1 N–H and O–H groups in total. The predicted molar refractivity (Wildman–Crippen MR) is 83.0 cm³/mol. The molecule has 0 radical (unpaired) electrons. The Morgan fingerprint density at radius 2 is 2.23 bits per heavy atom. The second-order valence-electron chi connectivity index (χ2n) is 4.08. The molecule has 0 unspecified atom stereocenters. The van der Waals surface area contributed by atoms with Gasteiger partial charge in [-0.3, -0.25) is 0 Å². The zero-order valence-electron chi connectivity index (χ0n) is 12.1. The van der Waals surface area contributed by atoms with E-state index in [1.807, 2.05) is 0 Å². The van der Waals surface area contributed by atoms with Crippen LogP contribution in [0.25, 0.3) is 11.4 Å². The number of hydrogen-bond donors (Lipinski definition) is 1. The zero-order chi connectivity index (χ0) is 16.2. The van der Waals surface area contributed by atoms with Crippen molar-refractivity contribution in [3.05, 3.63) is 36.7 Å². The summed E-state index contributed by atoms with van der Waals surface area (Å²) in [6.45, 7) is 5.51. The fourth-order valence-electron chi connectivity index (χ4n) is 1.60. The van der Waals surface area contributed by atoms with E-state index in [1.165, 1.54) is 0 Å². The van der Waals surface area contributed by atoms with Crippen LogP contribution in [0.15, 0.2) is 41.1 Å². The Hall–Kier alpha value is -2.13. The van der Waals surface area contributed by atoms with Crippen LogP contribution in [0.4, 0.5) is 0 Å². The first-order chi connectivity index (χ1) is 10.5. The molecule has 0 amide bonds. The molecule has 0 aliphatic carbocycles. The maximum absolute atomic E-state index is 12.1. The number of benzene rings is 1. The summed E-state index contributed by atoms with van der Waals surface area (Å²) in [5, 5.41) is 0. The summed E-state index contributed by atoms with van der Waals surface area (Å²) < 4.78 is 40.4. The summed E-state index contributed by atoms with van der Waals surface area (Å²) in [7, 11) is -2.30. The third-order valence-electron chi connectivity index (χ3n) is 2.53. The Bertz CT molecular complexity index is 771. The van der Waals surface area contributed by atoms with Crippen molar-refractivity contribution in [3.8, 4) is 17.1 Å². The molecule has 1 aromatic carbocycles. The molecular formula is C13H15N3O4S2. The van der Waals surface area contributed by atoms with E-state index in [1.54, 1.807) is 38.3 Å². The van der Waals surface area contributed by atoms with E-state index in [-0.39, 0.29) is 10.2 Å². The van der Waals surface area contributed by atoms with Gasteiger partial charge in [-0.05, 0) is 25.6 Å². The molecule has 22 heavy (non-hydrogen) atoms. The van der Waals surface area contributed by atoms with Crippen LogP contribution in [-0.2, 0) is 14.8 Å². The predicted octanol–water partition coefficient (Wildman–Crippen LogP) is 2.00. The Labute approximate surface area is 132 Å². The smallest absolute Gasteiger partial charge is 0.293 e. The van der Waals surface area contributed by atoms with E-state index in [0.717, 1.165) is 11.5 Å². The van der Waals surface area contributed by atoms with E-state index in [4.69, 9.17) is 9.47 Å². The number of ether oxygens (including phenoxy) is 2. The van der Waals surface area contributed by atoms with Crippen molar-refractivity contribution < 1.29 is 17.9 Å². The van der Waals surface area contributed by atoms with Crippen LogP contribution in [0.2, 0.25) is 0 Å². The summed E-state index contributed by atoms with van der Waals surface area (Å²) in [4.78, 5) is 4.05. The highest BCUT2D eigenvalue weighted by molar-refractivity contribution is 7.91. The largest absolute Gasteiger partial charge is 0.497 e. The van der Waals surface area contributed by atoms with Gasteiger partial charge < -0.3 is 9.47 Å². The molecule has 9 heteroatoms. The minimum atomic E-state index is -3.85. The lowest BCUT2D eigenvalue weighted by atomic mass is 10.2. The first-order valence-corrected chi connectivity index (χ1v) is 8.54. The fourth-order valence-corrected chi connectivity index (χ4v) is 3.32. The van der Waals surface area contributed by atoms with Gasteiger partial charge in [-0.25, -0.2) is 9.71 Å². The lowest BCUT2D eigenvalue weighted by Gasteiger charge is -2.07. The average Bonchev–Trinajstić information content (AvgIpc) is 2.98. The molecule has 0 spiro atoms. The molecule has 2 rings (SSSR count). The molecule has 0 aliphatic rings. The lowest BCUT2D eigenvalue weighted by molar-refractivity contribution is 0.220. The van der Waals surface area contributed by atoms with E-state index in [2.05, 4.69) is 20.7 Å². The highest BCUT2D eigenvalue weighted by Gasteiger charge is 2.21. The molecule has 7 nitrogen and oxygen atoms in total. The summed E-state index contributed by atoms with van der Waals surface area (Å²) in [5.41, 5.74) is 0.667. The van der Waals surface area contributed by atoms with Gasteiger partial charge in [-0.2, -0.15) is 12.8 Å². The summed E-state index contributed by atoms with van der Waals surface area (Å²) in [6, 6.07) is 7.05. The number of nitrogens with zero attached hydrogens (tertiary/aromatic N) is 2. The second-order valence-corrected chi connectivity index (χ2v) is 6.69. The molecule has 0 saturated carbocycles. The van der Waals surface area contributed by atoms with Gasteiger partial charge >= 0.3 is 0 Å². The van der Waals surface area contributed by atoms with E-state index in [0.29, 0.717) is 23.7 Å². The Morgan fingerprint density at radius 1 is 1.45 bits per heavy atom. The Morgan fingerprint density at radius 3 is 2.91 bits per heavy atom. The van der Waals surface area contributed by atoms with Crippen molar-refractivity contribution in [2.45, 2.75) is 11.3 Å². The number of nitrogens with one attached hydrogen (secondary N) is 1. The maximum atomic E-state index is 12.1. The SMILES string of the molecule is C=C(NS(=O)(=O)c1nc(-c2cccc(OC)c2)ns1)OCC. The number of hydrogen-bond acceptors (Lipinski definition) is 7. The van der Waals surface area contributed by atoms with Gasteiger partial charge in [0.25, 0.3) is 10.0 Å².